The molecule has 9 aromatic rings. The van der Waals surface area contributed by atoms with Gasteiger partial charge >= 0.3 is 0 Å². The summed E-state index contributed by atoms with van der Waals surface area (Å²) in [6, 6.07) is 69.3. The first-order chi connectivity index (χ1) is 25.5. The topological polar surface area (TPSA) is 3.24 Å². The van der Waals surface area contributed by atoms with Crippen molar-refractivity contribution in [2.75, 3.05) is 4.90 Å². The van der Waals surface area contributed by atoms with Gasteiger partial charge in [0.15, 0.2) is 0 Å². The fourth-order valence-corrected chi connectivity index (χ4v) is 8.60. The fourth-order valence-electron chi connectivity index (χ4n) is 8.60. The second-order valence-corrected chi connectivity index (χ2v) is 14.6. The molecule has 0 unspecified atom stereocenters. The fraction of sp³-hybridized carbons (Fsp3) is 0.0588. The van der Waals surface area contributed by atoms with E-state index < -0.39 is 0 Å². The standard InChI is InChI=1S/C51H37N/c1-51(2)47-21-11-13-23-49(47)52(50-24-14-12-22-48(50)51)40-26-28-41-39(29-40)33-44(35-17-7-4-8-18-35)46-32-38(25-27-42(41)46)45-31-37-20-10-9-19-36(37)30-43(45)34-15-5-3-6-16-34/h3-33H,1-2H3. The van der Waals surface area contributed by atoms with Gasteiger partial charge < -0.3 is 4.90 Å². The first-order valence-corrected chi connectivity index (χ1v) is 18.2. The maximum Gasteiger partial charge on any atom is 0.0502 e. The van der Waals surface area contributed by atoms with E-state index in [1.807, 2.05) is 0 Å². The molecule has 246 valence electrons. The lowest BCUT2D eigenvalue weighted by Crippen LogP contribution is -2.30. The van der Waals surface area contributed by atoms with Gasteiger partial charge in [-0.3, -0.25) is 0 Å². The molecule has 1 aliphatic rings. The number of benzene rings is 9. The monoisotopic (exact) mass is 663 g/mol. The summed E-state index contributed by atoms with van der Waals surface area (Å²) in [6.07, 6.45) is 0. The maximum absolute atomic E-state index is 2.45. The molecule has 0 spiro atoms. The third-order valence-electron chi connectivity index (χ3n) is 11.2. The smallest absolute Gasteiger partial charge is 0.0502 e. The Hall–Kier alpha value is -6.44. The molecule has 1 nitrogen and oxygen atoms in total. The highest BCUT2D eigenvalue weighted by atomic mass is 15.2. The summed E-state index contributed by atoms with van der Waals surface area (Å²) in [5.74, 6) is 0. The average Bonchev–Trinajstić information content (AvgIpc) is 3.20. The molecule has 0 saturated heterocycles. The highest BCUT2D eigenvalue weighted by Crippen LogP contribution is 2.52. The molecule has 0 N–H and O–H groups in total. The number of anilines is 3. The third kappa shape index (κ3) is 4.77. The zero-order valence-electron chi connectivity index (χ0n) is 29.3. The number of nitrogens with zero attached hydrogens (tertiary/aromatic N) is 1. The van der Waals surface area contributed by atoms with Crippen LogP contribution in [0.15, 0.2) is 188 Å². The molecule has 0 aromatic heterocycles. The van der Waals surface area contributed by atoms with Crippen molar-refractivity contribution in [3.63, 3.8) is 0 Å². The number of hydrogen-bond acceptors (Lipinski definition) is 1. The molecule has 10 rings (SSSR count). The average molecular weight is 664 g/mol. The molecule has 52 heavy (non-hydrogen) atoms. The zero-order chi connectivity index (χ0) is 34.8. The predicted octanol–water partition coefficient (Wildman–Crippen LogP) is 14.3. The van der Waals surface area contributed by atoms with Crippen molar-refractivity contribution < 1.29 is 0 Å². The summed E-state index contributed by atoms with van der Waals surface area (Å²) < 4.78 is 0. The number of rotatable bonds is 4. The summed E-state index contributed by atoms with van der Waals surface area (Å²) in [7, 11) is 0. The van der Waals surface area contributed by atoms with Crippen LogP contribution in [0.1, 0.15) is 25.0 Å². The Morgan fingerprint density at radius 2 is 0.846 bits per heavy atom. The van der Waals surface area contributed by atoms with Crippen LogP contribution in [0.2, 0.25) is 0 Å². The summed E-state index contributed by atoms with van der Waals surface area (Å²) in [5, 5.41) is 7.50. The van der Waals surface area contributed by atoms with Crippen molar-refractivity contribution in [1.29, 1.82) is 0 Å². The van der Waals surface area contributed by atoms with Gasteiger partial charge in [-0.15, -0.1) is 0 Å². The largest absolute Gasteiger partial charge is 0.310 e. The van der Waals surface area contributed by atoms with E-state index in [0.29, 0.717) is 0 Å². The molecular formula is C51H37N. The van der Waals surface area contributed by atoms with Gasteiger partial charge in [-0.1, -0.05) is 153 Å². The Morgan fingerprint density at radius 1 is 0.346 bits per heavy atom. The Labute approximate surface area is 305 Å². The number of hydrogen-bond donors (Lipinski definition) is 0. The first-order valence-electron chi connectivity index (χ1n) is 18.2. The van der Waals surface area contributed by atoms with Crippen molar-refractivity contribution in [3.05, 3.63) is 199 Å². The number of fused-ring (bicyclic) bond motifs is 6. The minimum Gasteiger partial charge on any atom is -0.310 e. The van der Waals surface area contributed by atoms with E-state index in [2.05, 4.69) is 207 Å². The maximum atomic E-state index is 2.45. The van der Waals surface area contributed by atoms with Crippen molar-refractivity contribution in [3.8, 4) is 33.4 Å². The van der Waals surface area contributed by atoms with E-state index in [1.165, 1.54) is 93.9 Å². The lowest BCUT2D eigenvalue weighted by Gasteiger charge is -2.42. The third-order valence-corrected chi connectivity index (χ3v) is 11.2. The van der Waals surface area contributed by atoms with Crippen molar-refractivity contribution in [1.82, 2.24) is 0 Å². The summed E-state index contributed by atoms with van der Waals surface area (Å²) >= 11 is 0. The van der Waals surface area contributed by atoms with E-state index in [1.54, 1.807) is 0 Å². The van der Waals surface area contributed by atoms with Gasteiger partial charge in [0.05, 0.1) is 11.4 Å². The summed E-state index contributed by atoms with van der Waals surface area (Å²) in [6.45, 7) is 4.69. The van der Waals surface area contributed by atoms with Crippen LogP contribution in [0, 0.1) is 0 Å². The molecule has 0 amide bonds. The van der Waals surface area contributed by atoms with Crippen LogP contribution >= 0.6 is 0 Å². The predicted molar refractivity (Wildman–Crippen MR) is 222 cm³/mol. The molecule has 0 bridgehead atoms. The van der Waals surface area contributed by atoms with Gasteiger partial charge in [-0.05, 0) is 125 Å². The van der Waals surface area contributed by atoms with E-state index in [9.17, 15) is 0 Å². The second kappa shape index (κ2) is 11.8. The van der Waals surface area contributed by atoms with Gasteiger partial charge in [0.2, 0.25) is 0 Å². The number of para-hydroxylation sites is 2. The molecule has 0 radical (unpaired) electrons. The van der Waals surface area contributed by atoms with E-state index >= 15 is 0 Å². The van der Waals surface area contributed by atoms with Crippen LogP contribution in [0.25, 0.3) is 65.7 Å². The van der Waals surface area contributed by atoms with Gasteiger partial charge in [-0.25, -0.2) is 0 Å². The molecule has 1 heteroatoms. The lowest BCUT2D eigenvalue weighted by molar-refractivity contribution is 0.632. The molecule has 0 fully saturated rings. The van der Waals surface area contributed by atoms with Crippen LogP contribution in [0.5, 0.6) is 0 Å². The summed E-state index contributed by atoms with van der Waals surface area (Å²) in [4.78, 5) is 2.45. The Bertz CT molecular complexity index is 2760. The van der Waals surface area contributed by atoms with Gasteiger partial charge in [0, 0.05) is 11.1 Å². The Balaban J connectivity index is 1.20. The highest BCUT2D eigenvalue weighted by molar-refractivity contribution is 6.16. The molecular weight excluding hydrogens is 627 g/mol. The zero-order valence-corrected chi connectivity index (χ0v) is 29.3. The first kappa shape index (κ1) is 30.4. The van der Waals surface area contributed by atoms with E-state index in [0.717, 1.165) is 0 Å². The SMILES string of the molecule is CC1(C)c2ccccc2N(c2ccc3c(c2)cc(-c2ccccc2)c2cc(-c4cc5ccccc5cc4-c4ccccc4)ccc23)c2ccccc21. The molecule has 0 saturated carbocycles. The summed E-state index contributed by atoms with van der Waals surface area (Å²) in [5.41, 5.74) is 13.6. The van der Waals surface area contributed by atoms with Crippen LogP contribution < -0.4 is 4.90 Å². The molecule has 0 atom stereocenters. The normalized spacial score (nSPS) is 13.3. The van der Waals surface area contributed by atoms with E-state index in [-0.39, 0.29) is 5.41 Å². The quantitative estimate of drug-likeness (QED) is 0.169. The molecule has 1 heterocycles. The molecule has 0 aliphatic carbocycles. The van der Waals surface area contributed by atoms with Crippen LogP contribution in [-0.4, -0.2) is 0 Å². The van der Waals surface area contributed by atoms with Gasteiger partial charge in [0.25, 0.3) is 0 Å². The minimum atomic E-state index is -0.0969. The highest BCUT2D eigenvalue weighted by Gasteiger charge is 2.36. The lowest BCUT2D eigenvalue weighted by atomic mass is 9.73. The Morgan fingerprint density at radius 3 is 1.48 bits per heavy atom. The Kier molecular flexibility index (Phi) is 6.91. The minimum absolute atomic E-state index is 0.0969. The molecule has 1 aliphatic heterocycles. The molecule has 9 aromatic carbocycles. The van der Waals surface area contributed by atoms with Gasteiger partial charge in [-0.2, -0.15) is 0 Å². The van der Waals surface area contributed by atoms with Crippen LogP contribution in [0.3, 0.4) is 0 Å². The van der Waals surface area contributed by atoms with E-state index in [4.69, 9.17) is 0 Å². The van der Waals surface area contributed by atoms with Crippen molar-refractivity contribution in [2.24, 2.45) is 0 Å². The van der Waals surface area contributed by atoms with Crippen molar-refractivity contribution >= 4 is 49.4 Å². The van der Waals surface area contributed by atoms with Crippen LogP contribution in [-0.2, 0) is 5.41 Å². The second-order valence-electron chi connectivity index (χ2n) is 14.6. The van der Waals surface area contributed by atoms with Crippen molar-refractivity contribution in [2.45, 2.75) is 19.3 Å². The van der Waals surface area contributed by atoms with Gasteiger partial charge in [0.1, 0.15) is 0 Å². The van der Waals surface area contributed by atoms with Crippen LogP contribution in [0.4, 0.5) is 17.1 Å².